The first-order valence-electron chi connectivity index (χ1n) is 8.15. The number of benzene rings is 1. The molecule has 1 aliphatic rings. The fourth-order valence-electron chi connectivity index (χ4n) is 2.95. The van der Waals surface area contributed by atoms with Gasteiger partial charge in [-0.1, -0.05) is 56.0 Å². The van der Waals surface area contributed by atoms with E-state index in [-0.39, 0.29) is 24.5 Å². The molecule has 1 aromatic carbocycles. The highest BCUT2D eigenvalue weighted by atomic mass is 16.5. The Morgan fingerprint density at radius 2 is 1.91 bits per heavy atom. The molecule has 1 aromatic rings. The zero-order valence-corrected chi connectivity index (χ0v) is 13.2. The van der Waals surface area contributed by atoms with Gasteiger partial charge in [-0.15, -0.1) is 0 Å². The van der Waals surface area contributed by atoms with Gasteiger partial charge in [0.1, 0.15) is 0 Å². The van der Waals surface area contributed by atoms with Crippen molar-refractivity contribution in [3.63, 3.8) is 0 Å². The van der Waals surface area contributed by atoms with E-state index in [4.69, 9.17) is 4.74 Å². The quantitative estimate of drug-likeness (QED) is 0.786. The molecule has 0 heterocycles. The zero-order valence-electron chi connectivity index (χ0n) is 13.2. The predicted molar refractivity (Wildman–Crippen MR) is 85.2 cm³/mol. The third-order valence-electron chi connectivity index (χ3n) is 4.27. The molecule has 1 atom stereocenters. The molecule has 0 radical (unpaired) electrons. The maximum Gasteiger partial charge on any atom is 0.306 e. The summed E-state index contributed by atoms with van der Waals surface area (Å²) < 4.78 is 5.05. The van der Waals surface area contributed by atoms with E-state index in [0.717, 1.165) is 12.0 Å². The van der Waals surface area contributed by atoms with Crippen molar-refractivity contribution < 1.29 is 14.3 Å². The molecule has 4 heteroatoms. The second-order valence-electron chi connectivity index (χ2n) is 6.05. The minimum absolute atomic E-state index is 0.0918. The van der Waals surface area contributed by atoms with Crippen LogP contribution in [0.1, 0.15) is 57.1 Å². The van der Waals surface area contributed by atoms with Gasteiger partial charge in [-0.3, -0.25) is 9.59 Å². The summed E-state index contributed by atoms with van der Waals surface area (Å²) in [4.78, 5) is 23.5. The van der Waals surface area contributed by atoms with Crippen LogP contribution in [0.3, 0.4) is 0 Å². The highest BCUT2D eigenvalue weighted by Crippen LogP contribution is 2.28. The maximum absolute atomic E-state index is 11.8. The topological polar surface area (TPSA) is 55.4 Å². The summed E-state index contributed by atoms with van der Waals surface area (Å²) in [6.45, 7) is 1.72. The van der Waals surface area contributed by atoms with Gasteiger partial charge in [-0.2, -0.15) is 0 Å². The number of esters is 1. The molecule has 1 amide bonds. The van der Waals surface area contributed by atoms with Crippen molar-refractivity contribution in [2.45, 2.75) is 51.5 Å². The number of hydrogen-bond donors (Lipinski definition) is 1. The monoisotopic (exact) mass is 303 g/mol. The lowest BCUT2D eigenvalue weighted by Gasteiger charge is -2.14. The second-order valence-corrected chi connectivity index (χ2v) is 6.05. The van der Waals surface area contributed by atoms with Crippen molar-refractivity contribution in [1.82, 2.24) is 5.32 Å². The van der Waals surface area contributed by atoms with Crippen LogP contribution < -0.4 is 5.32 Å². The van der Waals surface area contributed by atoms with Crippen molar-refractivity contribution in [3.05, 3.63) is 35.9 Å². The number of hydrogen-bond acceptors (Lipinski definition) is 3. The third-order valence-corrected chi connectivity index (χ3v) is 4.27. The molecule has 4 nitrogen and oxygen atoms in total. The SMILES string of the molecule is C[C@H](NC(=O)COC(=O)CCC1CCCC1)c1ccccc1. The minimum atomic E-state index is -0.269. The Bertz CT molecular complexity index is 480. The lowest BCUT2D eigenvalue weighted by Crippen LogP contribution is -2.31. The van der Waals surface area contributed by atoms with Crippen molar-refractivity contribution in [3.8, 4) is 0 Å². The fourth-order valence-corrected chi connectivity index (χ4v) is 2.95. The Balaban J connectivity index is 1.63. The van der Waals surface area contributed by atoms with Gasteiger partial charge in [-0.25, -0.2) is 0 Å². The van der Waals surface area contributed by atoms with Crippen LogP contribution in [-0.4, -0.2) is 18.5 Å². The van der Waals surface area contributed by atoms with Crippen LogP contribution in [0.15, 0.2) is 30.3 Å². The Morgan fingerprint density at radius 1 is 1.23 bits per heavy atom. The molecule has 2 rings (SSSR count). The van der Waals surface area contributed by atoms with E-state index in [1.165, 1.54) is 25.7 Å². The van der Waals surface area contributed by atoms with Crippen LogP contribution in [0.2, 0.25) is 0 Å². The van der Waals surface area contributed by atoms with Crippen LogP contribution in [0.4, 0.5) is 0 Å². The van der Waals surface area contributed by atoms with Gasteiger partial charge in [0.15, 0.2) is 6.61 Å². The summed E-state index contributed by atoms with van der Waals surface area (Å²) in [6, 6.07) is 9.62. The van der Waals surface area contributed by atoms with Gasteiger partial charge in [-0.05, 0) is 24.8 Å². The van der Waals surface area contributed by atoms with E-state index in [1.54, 1.807) is 0 Å². The number of carbonyl (C=O) groups is 2. The Kier molecular flexibility index (Phi) is 6.44. The van der Waals surface area contributed by atoms with Gasteiger partial charge >= 0.3 is 5.97 Å². The first-order chi connectivity index (χ1) is 10.6. The van der Waals surface area contributed by atoms with Crippen molar-refractivity contribution >= 4 is 11.9 Å². The molecule has 1 fully saturated rings. The zero-order chi connectivity index (χ0) is 15.8. The Morgan fingerprint density at radius 3 is 2.59 bits per heavy atom. The van der Waals surface area contributed by atoms with Gasteiger partial charge in [0, 0.05) is 6.42 Å². The van der Waals surface area contributed by atoms with Crippen molar-refractivity contribution in [1.29, 1.82) is 0 Å². The molecule has 0 bridgehead atoms. The van der Waals surface area contributed by atoms with Crippen molar-refractivity contribution in [2.24, 2.45) is 5.92 Å². The average molecular weight is 303 g/mol. The molecule has 1 aliphatic carbocycles. The highest BCUT2D eigenvalue weighted by molar-refractivity contribution is 5.80. The number of carbonyl (C=O) groups excluding carboxylic acids is 2. The van der Waals surface area contributed by atoms with Crippen LogP contribution in [0.5, 0.6) is 0 Å². The van der Waals surface area contributed by atoms with E-state index in [9.17, 15) is 9.59 Å². The lowest BCUT2D eigenvalue weighted by atomic mass is 10.0. The summed E-state index contributed by atoms with van der Waals surface area (Å²) in [5, 5.41) is 2.83. The number of amides is 1. The van der Waals surface area contributed by atoms with Gasteiger partial charge in [0.05, 0.1) is 6.04 Å². The summed E-state index contributed by atoms with van der Waals surface area (Å²) in [6.07, 6.45) is 6.32. The first-order valence-corrected chi connectivity index (χ1v) is 8.15. The third kappa shape index (κ3) is 5.51. The molecule has 22 heavy (non-hydrogen) atoms. The summed E-state index contributed by atoms with van der Waals surface area (Å²) >= 11 is 0. The van der Waals surface area contributed by atoms with E-state index >= 15 is 0 Å². The van der Waals surface area contributed by atoms with E-state index in [2.05, 4.69) is 5.32 Å². The molecule has 0 aromatic heterocycles. The molecule has 0 saturated heterocycles. The number of nitrogens with one attached hydrogen (secondary N) is 1. The van der Waals surface area contributed by atoms with Gasteiger partial charge in [0.25, 0.3) is 5.91 Å². The fraction of sp³-hybridized carbons (Fsp3) is 0.556. The first kappa shape index (κ1) is 16.5. The molecular formula is C18H25NO3. The minimum Gasteiger partial charge on any atom is -0.456 e. The van der Waals surface area contributed by atoms with Gasteiger partial charge < -0.3 is 10.1 Å². The number of rotatable bonds is 7. The van der Waals surface area contributed by atoms with Crippen molar-refractivity contribution in [2.75, 3.05) is 6.61 Å². The second kappa shape index (κ2) is 8.57. The molecule has 0 aliphatic heterocycles. The number of ether oxygens (including phenoxy) is 1. The molecule has 0 unspecified atom stereocenters. The Labute approximate surface area is 132 Å². The largest absolute Gasteiger partial charge is 0.456 e. The predicted octanol–water partition coefficient (Wildman–Crippen LogP) is 3.38. The summed E-state index contributed by atoms with van der Waals surface area (Å²) in [5.74, 6) is 0.138. The standard InChI is InChI=1S/C18H25NO3/c1-14(16-9-3-2-4-10-16)19-17(20)13-22-18(21)12-11-15-7-5-6-8-15/h2-4,9-10,14-15H,5-8,11-13H2,1H3,(H,19,20)/t14-/m0/s1. The van der Waals surface area contributed by atoms with E-state index in [0.29, 0.717) is 12.3 Å². The van der Waals surface area contributed by atoms with Crippen LogP contribution in [0.25, 0.3) is 0 Å². The lowest BCUT2D eigenvalue weighted by molar-refractivity contribution is -0.149. The molecule has 0 spiro atoms. The van der Waals surface area contributed by atoms with Crippen LogP contribution in [0, 0.1) is 5.92 Å². The molecule has 1 saturated carbocycles. The van der Waals surface area contributed by atoms with Crippen LogP contribution >= 0.6 is 0 Å². The maximum atomic E-state index is 11.8. The van der Waals surface area contributed by atoms with E-state index < -0.39 is 0 Å². The molecular weight excluding hydrogens is 278 g/mol. The smallest absolute Gasteiger partial charge is 0.306 e. The molecule has 1 N–H and O–H groups in total. The molecule has 120 valence electrons. The van der Waals surface area contributed by atoms with Crippen LogP contribution in [-0.2, 0) is 14.3 Å². The van der Waals surface area contributed by atoms with Gasteiger partial charge in [0.2, 0.25) is 0 Å². The summed E-state index contributed by atoms with van der Waals surface area (Å²) in [5.41, 5.74) is 1.03. The summed E-state index contributed by atoms with van der Waals surface area (Å²) in [7, 11) is 0. The van der Waals surface area contributed by atoms with E-state index in [1.807, 2.05) is 37.3 Å². The Hall–Kier alpha value is -1.84. The normalized spacial score (nSPS) is 16.2. The average Bonchev–Trinajstić information content (AvgIpc) is 3.05. The highest BCUT2D eigenvalue weighted by Gasteiger charge is 2.17.